The summed E-state index contributed by atoms with van der Waals surface area (Å²) in [5.41, 5.74) is 9.57. The molecule has 0 aromatic heterocycles. The summed E-state index contributed by atoms with van der Waals surface area (Å²) in [6.07, 6.45) is 4.87. The quantitative estimate of drug-likeness (QED) is 0.477. The van der Waals surface area contributed by atoms with E-state index < -0.39 is 0 Å². The maximum absolute atomic E-state index is 5.71. The van der Waals surface area contributed by atoms with Gasteiger partial charge < -0.3 is 5.73 Å². The first kappa shape index (κ1) is 13.4. The van der Waals surface area contributed by atoms with Crippen LogP contribution in [0.3, 0.4) is 0 Å². The van der Waals surface area contributed by atoms with Crippen LogP contribution in [0.2, 0.25) is 0 Å². The second-order valence-corrected chi connectivity index (χ2v) is 4.20. The molecule has 2 nitrogen and oxygen atoms in total. The molecule has 0 atom stereocenters. The predicted molar refractivity (Wildman–Crippen MR) is 75.5 cm³/mol. The van der Waals surface area contributed by atoms with Gasteiger partial charge in [-0.1, -0.05) is 12.1 Å². The van der Waals surface area contributed by atoms with E-state index in [0.717, 1.165) is 12.1 Å². The second-order valence-electron chi connectivity index (χ2n) is 3.88. The molecule has 0 spiro atoms. The van der Waals surface area contributed by atoms with Crippen molar-refractivity contribution in [3.63, 3.8) is 0 Å². The lowest BCUT2D eigenvalue weighted by atomic mass is 9.90. The number of hydrogen-bond acceptors (Lipinski definition) is 2. The van der Waals surface area contributed by atoms with Crippen molar-refractivity contribution in [2.45, 2.75) is 25.7 Å². The highest BCUT2D eigenvalue weighted by atomic mass is 35.5. The molecule has 0 unspecified atom stereocenters. The number of nitrogens with two attached hydrogens (primary N) is 1. The number of aliphatic imine (C=N–C) groups is 1. The van der Waals surface area contributed by atoms with Gasteiger partial charge in [-0.25, -0.2) is 4.99 Å². The Hall–Kier alpha value is -0.670. The summed E-state index contributed by atoms with van der Waals surface area (Å²) in [4.78, 5) is 4.41. The second kappa shape index (κ2) is 6.16. The zero-order valence-corrected chi connectivity index (χ0v) is 10.9. The Balaban J connectivity index is 0.00000128. The maximum atomic E-state index is 5.71. The van der Waals surface area contributed by atoms with Crippen LogP contribution in [0.25, 0.3) is 0 Å². The third-order valence-corrected chi connectivity index (χ3v) is 3.12. The van der Waals surface area contributed by atoms with Crippen LogP contribution >= 0.6 is 25.0 Å². The number of thiol groups is 1. The zero-order valence-electron chi connectivity index (χ0n) is 9.15. The van der Waals surface area contributed by atoms with Crippen LogP contribution in [0.5, 0.6) is 0 Å². The predicted octanol–water partition coefficient (Wildman–Crippen LogP) is 2.91. The normalized spacial score (nSPS) is 15.2. The Labute approximate surface area is 108 Å². The monoisotopic (exact) mass is 256 g/mol. The topological polar surface area (TPSA) is 38.4 Å². The van der Waals surface area contributed by atoms with Gasteiger partial charge >= 0.3 is 0 Å². The molecule has 16 heavy (non-hydrogen) atoms. The summed E-state index contributed by atoms with van der Waals surface area (Å²) < 4.78 is 0. The molecule has 2 rings (SSSR count). The fourth-order valence-electron chi connectivity index (χ4n) is 2.06. The molecule has 1 aromatic rings. The molecule has 88 valence electrons. The first-order valence-corrected chi connectivity index (χ1v) is 5.99. The number of benzene rings is 1. The Morgan fingerprint density at radius 3 is 2.81 bits per heavy atom. The van der Waals surface area contributed by atoms with Crippen LogP contribution in [0.15, 0.2) is 23.2 Å². The first-order valence-electron chi connectivity index (χ1n) is 5.36. The molecule has 1 aliphatic rings. The Morgan fingerprint density at radius 2 is 2.06 bits per heavy atom. The number of fused-ring (bicyclic) bond motifs is 1. The average Bonchev–Trinajstić information content (AvgIpc) is 2.29. The van der Waals surface area contributed by atoms with Gasteiger partial charge in [0.25, 0.3) is 0 Å². The van der Waals surface area contributed by atoms with Gasteiger partial charge in [0, 0.05) is 5.75 Å². The summed E-state index contributed by atoms with van der Waals surface area (Å²) in [5.74, 6) is 1.11. The van der Waals surface area contributed by atoms with Gasteiger partial charge in [0.05, 0.1) is 5.69 Å². The van der Waals surface area contributed by atoms with Gasteiger partial charge in [-0.3, -0.25) is 0 Å². The minimum absolute atomic E-state index is 0. The highest BCUT2D eigenvalue weighted by Gasteiger charge is 2.12. The molecule has 0 saturated heterocycles. The number of nitrogens with zero attached hydrogens (tertiary/aromatic N) is 1. The number of hydrogen-bond donors (Lipinski definition) is 2. The lowest BCUT2D eigenvalue weighted by Gasteiger charge is -2.17. The molecule has 1 aromatic carbocycles. The Kier molecular flexibility index (Phi) is 5.16. The van der Waals surface area contributed by atoms with E-state index in [9.17, 15) is 0 Å². The number of aryl methyl sites for hydroxylation is 1. The van der Waals surface area contributed by atoms with E-state index in [1.54, 1.807) is 0 Å². The number of halogens is 1. The van der Waals surface area contributed by atoms with E-state index in [4.69, 9.17) is 5.73 Å². The van der Waals surface area contributed by atoms with E-state index in [1.165, 1.54) is 30.4 Å². The van der Waals surface area contributed by atoms with Gasteiger partial charge in [-0.2, -0.15) is 12.6 Å². The molecule has 1 aliphatic carbocycles. The van der Waals surface area contributed by atoms with Gasteiger partial charge in [-0.15, -0.1) is 12.4 Å². The molecule has 4 heteroatoms. The van der Waals surface area contributed by atoms with Crippen LogP contribution in [0, 0.1) is 0 Å². The summed E-state index contributed by atoms with van der Waals surface area (Å²) in [6.45, 7) is 0. The summed E-state index contributed by atoms with van der Waals surface area (Å²) >= 11 is 4.12. The van der Waals surface area contributed by atoms with Gasteiger partial charge in [-0.05, 0) is 42.9 Å². The van der Waals surface area contributed by atoms with Crippen LogP contribution in [-0.4, -0.2) is 11.6 Å². The SMILES string of the molecule is Cl.NC(CS)=Nc1cccc2c1CCCC2. The lowest BCUT2D eigenvalue weighted by Crippen LogP contribution is -2.13. The van der Waals surface area contributed by atoms with Crippen molar-refractivity contribution in [3.8, 4) is 0 Å². The maximum Gasteiger partial charge on any atom is 0.109 e. The highest BCUT2D eigenvalue weighted by molar-refractivity contribution is 7.81. The highest BCUT2D eigenvalue weighted by Crippen LogP contribution is 2.29. The molecule has 0 amide bonds. The molecule has 0 saturated carbocycles. The third-order valence-electron chi connectivity index (χ3n) is 2.80. The van der Waals surface area contributed by atoms with E-state index in [-0.39, 0.29) is 12.4 Å². The van der Waals surface area contributed by atoms with Crippen molar-refractivity contribution in [2.75, 3.05) is 5.75 Å². The molecule has 0 aliphatic heterocycles. The molecule has 0 bridgehead atoms. The number of amidine groups is 1. The minimum atomic E-state index is 0. The summed E-state index contributed by atoms with van der Waals surface area (Å²) in [5, 5.41) is 0. The van der Waals surface area contributed by atoms with Crippen molar-refractivity contribution >= 4 is 36.6 Å². The molecule has 0 radical (unpaired) electrons. The third kappa shape index (κ3) is 2.92. The fourth-order valence-corrected chi connectivity index (χ4v) is 2.13. The van der Waals surface area contributed by atoms with Crippen molar-refractivity contribution < 1.29 is 0 Å². The fraction of sp³-hybridized carbons (Fsp3) is 0.417. The van der Waals surface area contributed by atoms with Gasteiger partial charge in [0.2, 0.25) is 0 Å². The van der Waals surface area contributed by atoms with Gasteiger partial charge in [0.15, 0.2) is 0 Å². The Bertz CT molecular complexity index is 391. The first-order chi connectivity index (χ1) is 7.31. The van der Waals surface area contributed by atoms with E-state index >= 15 is 0 Å². The molecular weight excluding hydrogens is 240 g/mol. The van der Waals surface area contributed by atoms with Crippen LogP contribution < -0.4 is 5.73 Å². The molecule has 2 N–H and O–H groups in total. The van der Waals surface area contributed by atoms with Crippen molar-refractivity contribution in [3.05, 3.63) is 29.3 Å². The summed E-state index contributed by atoms with van der Waals surface area (Å²) in [7, 11) is 0. The van der Waals surface area contributed by atoms with Crippen LogP contribution in [0.1, 0.15) is 24.0 Å². The van der Waals surface area contributed by atoms with Crippen LogP contribution in [0.4, 0.5) is 5.69 Å². The molecular formula is C12H17ClN2S. The van der Waals surface area contributed by atoms with E-state index in [0.29, 0.717) is 11.6 Å². The van der Waals surface area contributed by atoms with Crippen molar-refractivity contribution in [2.24, 2.45) is 10.7 Å². The average molecular weight is 257 g/mol. The standard InChI is InChI=1S/C12H16N2S.ClH/c13-12(8-15)14-11-7-3-5-9-4-1-2-6-10(9)11;/h3,5,7,15H,1-2,4,6,8H2,(H2,13,14);1H. The number of rotatable bonds is 2. The Morgan fingerprint density at radius 1 is 1.31 bits per heavy atom. The van der Waals surface area contributed by atoms with E-state index in [1.807, 2.05) is 6.07 Å². The van der Waals surface area contributed by atoms with E-state index in [2.05, 4.69) is 29.8 Å². The molecule has 0 heterocycles. The van der Waals surface area contributed by atoms with Crippen LogP contribution in [-0.2, 0) is 12.8 Å². The molecule has 0 fully saturated rings. The van der Waals surface area contributed by atoms with Gasteiger partial charge in [0.1, 0.15) is 5.84 Å². The largest absolute Gasteiger partial charge is 0.386 e. The van der Waals surface area contributed by atoms with Crippen molar-refractivity contribution in [1.82, 2.24) is 0 Å². The summed E-state index contributed by atoms with van der Waals surface area (Å²) in [6, 6.07) is 6.31. The zero-order chi connectivity index (χ0) is 10.7. The lowest BCUT2D eigenvalue weighted by molar-refractivity contribution is 0.686. The minimum Gasteiger partial charge on any atom is -0.386 e. The smallest absolute Gasteiger partial charge is 0.109 e. The van der Waals surface area contributed by atoms with Crippen molar-refractivity contribution in [1.29, 1.82) is 0 Å².